The lowest BCUT2D eigenvalue weighted by molar-refractivity contribution is -0.929. The minimum Gasteiger partial charge on any atom is -0.620 e. The maximum absolute atomic E-state index is 12.4. The number of sulfone groups is 1. The average Bonchev–Trinajstić information content (AvgIpc) is 3.70. The highest BCUT2D eigenvalue weighted by Crippen LogP contribution is 2.48. The van der Waals surface area contributed by atoms with Crippen molar-refractivity contribution in [1.29, 1.82) is 0 Å². The molecule has 3 aromatic rings. The summed E-state index contributed by atoms with van der Waals surface area (Å²) in [6.45, 7) is 32.9. The van der Waals surface area contributed by atoms with E-state index in [1.54, 1.807) is 18.2 Å². The number of quaternary nitrogens is 1. The fraction of sp³-hybridized carbons (Fsp3) is 0.609. The number of rotatable bonds is 29. The van der Waals surface area contributed by atoms with Gasteiger partial charge in [0, 0.05) is 53.7 Å². The minimum absolute atomic E-state index is 0.0610. The minimum atomic E-state index is -3.28. The van der Waals surface area contributed by atoms with Gasteiger partial charge in [-0.2, -0.15) is 4.58 Å². The molecule has 72 heavy (non-hydrogen) atoms. The number of benzene rings is 3. The van der Waals surface area contributed by atoms with Crippen LogP contribution in [-0.2, 0) is 27.0 Å². The summed E-state index contributed by atoms with van der Waals surface area (Å²) in [6.07, 6.45) is 36.3. The van der Waals surface area contributed by atoms with Crippen molar-refractivity contribution in [2.75, 3.05) is 50.4 Å². The maximum Gasteiger partial charge on any atom is 0.209 e. The quantitative estimate of drug-likeness (QED) is 0.0229. The Morgan fingerprint density at radius 1 is 0.639 bits per heavy atom. The molecule has 0 saturated carbocycles. The standard InChI is InChI=1S/C41H59N2O2S.C16H36N.C7H6BF/c1-9-11-13-15-20-28-42-36-26-24-32(3)30-34(36)40(4,5)38(42)22-18-17-19-23-39-41(6,7)35-31-33(46(8,44)45)25-27-37(35)43(39)29-21-16-14-12-10-2;1-5-9-13-17(14-10-6-2,15-11-7-3)16-12-8-4;8-5-6-2-1-3-7(9)4-6/h17-19,22-27,30-31H,9-16,20-21,28-29H2,1-8H3;5-16H2,1-4H3;1-4H,5H2/q2*+1;-1. The molecule has 3 aromatic carbocycles. The Labute approximate surface area is 443 Å². The topological polar surface area (TPSA) is 40.4 Å². The van der Waals surface area contributed by atoms with Gasteiger partial charge in [0.25, 0.3) is 0 Å². The van der Waals surface area contributed by atoms with Crippen molar-refractivity contribution in [3.05, 3.63) is 125 Å². The SMILES string of the molecule is CCCCCCCN1C(=CC=CC=CC2=[N+](CCCCCCC)c3ccc(S(C)(=O)=O)cc3C2(C)C)C(C)(C)c2cc(C)ccc21.CCCC[N+](CCCC)(CCCC)CCCC.[B-]Cc1cccc(F)c1. The number of unbranched alkanes of at least 4 members (excludes halogenated alkanes) is 12. The summed E-state index contributed by atoms with van der Waals surface area (Å²) in [4.78, 5) is 2.95. The summed E-state index contributed by atoms with van der Waals surface area (Å²) < 4.78 is 41.0. The highest BCUT2D eigenvalue weighted by molar-refractivity contribution is 7.90. The third kappa shape index (κ3) is 18.9. The van der Waals surface area contributed by atoms with E-state index in [0.29, 0.717) is 11.2 Å². The number of allylic oxidation sites excluding steroid dienone is 6. The molecule has 2 heterocycles. The molecule has 5 rings (SSSR count). The van der Waals surface area contributed by atoms with Crippen molar-refractivity contribution in [1.82, 2.24) is 0 Å². The van der Waals surface area contributed by atoms with Crippen molar-refractivity contribution in [3.8, 4) is 0 Å². The normalized spacial score (nSPS) is 15.5. The van der Waals surface area contributed by atoms with Crippen LogP contribution in [0.4, 0.5) is 15.8 Å². The summed E-state index contributed by atoms with van der Waals surface area (Å²) in [6, 6.07) is 18.9. The van der Waals surface area contributed by atoms with Crippen molar-refractivity contribution < 1.29 is 21.9 Å². The van der Waals surface area contributed by atoms with Crippen LogP contribution in [0.3, 0.4) is 0 Å². The molecule has 0 fully saturated rings. The lowest BCUT2D eigenvalue weighted by Gasteiger charge is -2.39. The van der Waals surface area contributed by atoms with Gasteiger partial charge in [0.2, 0.25) is 5.69 Å². The van der Waals surface area contributed by atoms with Crippen molar-refractivity contribution in [2.24, 2.45) is 0 Å². The monoisotopic (exact) mass is 1010 g/mol. The molecule has 0 atom stereocenters. The number of nitrogens with zero attached hydrogens (tertiary/aromatic N) is 3. The lowest BCUT2D eigenvalue weighted by atomic mass is 9.81. The van der Waals surface area contributed by atoms with E-state index in [9.17, 15) is 12.8 Å². The zero-order chi connectivity index (χ0) is 53.2. The van der Waals surface area contributed by atoms with Crippen molar-refractivity contribution in [2.45, 2.75) is 214 Å². The molecule has 5 nitrogen and oxygen atoms in total. The van der Waals surface area contributed by atoms with Gasteiger partial charge in [-0.25, -0.2) is 12.8 Å². The first kappa shape index (κ1) is 62.6. The molecule has 0 aliphatic carbocycles. The molecule has 399 valence electrons. The Kier molecular flexibility index (Phi) is 27.7. The third-order valence-corrected chi connectivity index (χ3v) is 16.2. The molecule has 3 radical (unpaired) electrons. The zero-order valence-corrected chi connectivity index (χ0v) is 48.7. The van der Waals surface area contributed by atoms with Gasteiger partial charge in [0.1, 0.15) is 12.4 Å². The van der Waals surface area contributed by atoms with Gasteiger partial charge in [0.05, 0.1) is 36.5 Å². The van der Waals surface area contributed by atoms with Gasteiger partial charge >= 0.3 is 0 Å². The van der Waals surface area contributed by atoms with Gasteiger partial charge in [-0.15, -0.1) is 0 Å². The number of fused-ring (bicyclic) bond motifs is 2. The second-order valence-corrected chi connectivity index (χ2v) is 24.0. The number of halogens is 1. The predicted molar refractivity (Wildman–Crippen MR) is 313 cm³/mol. The molecule has 2 aliphatic heterocycles. The first-order valence-electron chi connectivity index (χ1n) is 28.6. The van der Waals surface area contributed by atoms with Gasteiger partial charge < -0.3 is 17.2 Å². The Bertz CT molecular complexity index is 2270. The average molecular weight is 1010 g/mol. The molecule has 0 unspecified atom stereocenters. The van der Waals surface area contributed by atoms with Crippen LogP contribution in [0.25, 0.3) is 0 Å². The van der Waals surface area contributed by atoms with E-state index in [2.05, 4.69) is 134 Å². The first-order valence-corrected chi connectivity index (χ1v) is 30.5. The van der Waals surface area contributed by atoms with E-state index in [1.165, 1.54) is 186 Å². The van der Waals surface area contributed by atoms with Crippen LogP contribution in [0.1, 0.15) is 207 Å². The summed E-state index contributed by atoms with van der Waals surface area (Å²) in [7, 11) is 1.97. The van der Waals surface area contributed by atoms with E-state index in [0.717, 1.165) is 36.3 Å². The highest BCUT2D eigenvalue weighted by Gasteiger charge is 2.45. The van der Waals surface area contributed by atoms with Crippen LogP contribution in [0, 0.1) is 12.7 Å². The lowest BCUT2D eigenvalue weighted by Crippen LogP contribution is -2.50. The Morgan fingerprint density at radius 3 is 1.74 bits per heavy atom. The molecule has 0 spiro atoms. The number of anilines is 1. The van der Waals surface area contributed by atoms with Crippen LogP contribution < -0.4 is 4.90 Å². The summed E-state index contributed by atoms with van der Waals surface area (Å²) in [5, 5.41) is 0. The van der Waals surface area contributed by atoms with E-state index in [4.69, 9.17) is 7.85 Å². The molecule has 0 amide bonds. The van der Waals surface area contributed by atoms with Gasteiger partial charge in [0.15, 0.2) is 15.5 Å². The fourth-order valence-corrected chi connectivity index (χ4v) is 11.2. The summed E-state index contributed by atoms with van der Waals surface area (Å²) >= 11 is 0. The predicted octanol–water partition coefficient (Wildman–Crippen LogP) is 17.0. The van der Waals surface area contributed by atoms with Crippen LogP contribution in [0.15, 0.2) is 102 Å². The summed E-state index contributed by atoms with van der Waals surface area (Å²) in [5.41, 5.74) is 9.35. The Morgan fingerprint density at radius 2 is 1.21 bits per heavy atom. The van der Waals surface area contributed by atoms with Crippen LogP contribution in [0.2, 0.25) is 0 Å². The summed E-state index contributed by atoms with van der Waals surface area (Å²) in [5.74, 6) is -0.224. The van der Waals surface area contributed by atoms with Gasteiger partial charge in [-0.3, -0.25) is 6.32 Å². The number of hydrogen-bond donors (Lipinski definition) is 0. The zero-order valence-electron chi connectivity index (χ0n) is 47.9. The Hall–Kier alpha value is -3.75. The van der Waals surface area contributed by atoms with Gasteiger partial charge in [-0.05, 0) is 101 Å². The molecular weight excluding hydrogens is 905 g/mol. The molecule has 8 heteroatoms. The van der Waals surface area contributed by atoms with Crippen molar-refractivity contribution in [3.63, 3.8) is 0 Å². The maximum atomic E-state index is 12.4. The van der Waals surface area contributed by atoms with Gasteiger partial charge in [-0.1, -0.05) is 180 Å². The van der Waals surface area contributed by atoms with E-state index in [-0.39, 0.29) is 16.6 Å². The van der Waals surface area contributed by atoms with Crippen LogP contribution >= 0.6 is 0 Å². The van der Waals surface area contributed by atoms with Crippen molar-refractivity contribution >= 4 is 34.8 Å². The molecule has 0 saturated heterocycles. The van der Waals surface area contributed by atoms with Crippen LogP contribution in [-0.4, -0.2) is 76.6 Å². The van der Waals surface area contributed by atoms with E-state index >= 15 is 0 Å². The van der Waals surface area contributed by atoms with Crippen LogP contribution in [0.5, 0.6) is 0 Å². The smallest absolute Gasteiger partial charge is 0.209 e. The molecule has 0 bridgehead atoms. The third-order valence-electron chi connectivity index (χ3n) is 15.1. The largest absolute Gasteiger partial charge is 0.620 e. The second-order valence-electron chi connectivity index (χ2n) is 22.0. The molecule has 0 N–H and O–H groups in total. The molecular formula is C64H101BFN3O2S+. The Balaban J connectivity index is 0.000000429. The fourth-order valence-electron chi connectivity index (χ4n) is 10.6. The molecule has 2 aliphatic rings. The van der Waals surface area contributed by atoms with E-state index < -0.39 is 9.84 Å². The highest BCUT2D eigenvalue weighted by atomic mass is 32.2. The second kappa shape index (κ2) is 31.9. The number of hydrogen-bond acceptors (Lipinski definition) is 3. The first-order chi connectivity index (χ1) is 34.4. The van der Waals surface area contributed by atoms with E-state index in [1.807, 2.05) is 12.1 Å². The number of aryl methyl sites for hydroxylation is 1. The molecule has 0 aromatic heterocycles.